The maximum atomic E-state index is 11.8. The summed E-state index contributed by atoms with van der Waals surface area (Å²) in [6.07, 6.45) is 1.61. The van der Waals surface area contributed by atoms with Gasteiger partial charge in [0.2, 0.25) is 5.91 Å². The van der Waals surface area contributed by atoms with E-state index in [1.807, 2.05) is 32.0 Å². The summed E-state index contributed by atoms with van der Waals surface area (Å²) in [5, 5.41) is 3.87. The van der Waals surface area contributed by atoms with Crippen molar-refractivity contribution in [1.82, 2.24) is 4.98 Å². The van der Waals surface area contributed by atoms with Crippen molar-refractivity contribution in [2.75, 3.05) is 5.32 Å². The average molecular weight is 263 g/mol. The predicted molar refractivity (Wildman–Crippen MR) is 75.9 cm³/mol. The Hall–Kier alpha value is -1.46. The van der Waals surface area contributed by atoms with Crippen LogP contribution in [-0.2, 0) is 4.79 Å². The summed E-state index contributed by atoms with van der Waals surface area (Å²) in [5.74, 6) is -0.127. The molecule has 1 aromatic heterocycles. The quantitative estimate of drug-likeness (QED) is 0.891. The van der Waals surface area contributed by atoms with E-state index in [1.165, 1.54) is 0 Å². The molecule has 4 nitrogen and oxygen atoms in total. The average Bonchev–Trinajstić information content (AvgIpc) is 2.68. The van der Waals surface area contributed by atoms with Gasteiger partial charge in [0, 0.05) is 5.69 Å². The van der Waals surface area contributed by atoms with Gasteiger partial charge in [0.25, 0.3) is 0 Å². The second-order valence-electron chi connectivity index (χ2n) is 4.30. The van der Waals surface area contributed by atoms with E-state index in [2.05, 4.69) is 10.3 Å². The van der Waals surface area contributed by atoms with Crippen LogP contribution in [0.4, 0.5) is 5.69 Å². The number of rotatable bonds is 4. The molecule has 0 aliphatic rings. The van der Waals surface area contributed by atoms with Crippen LogP contribution < -0.4 is 11.1 Å². The van der Waals surface area contributed by atoms with Crippen molar-refractivity contribution in [2.24, 2.45) is 5.73 Å². The highest BCUT2D eigenvalue weighted by Gasteiger charge is 2.12. The van der Waals surface area contributed by atoms with Crippen molar-refractivity contribution in [2.45, 2.75) is 32.7 Å². The molecule has 1 heterocycles. The standard InChI is InChI=1S/C13H17N3OS/c1-3-4-10(14)13(17)16-9-5-6-11-12(7-9)18-8(2)15-11/h5-7,10H,3-4,14H2,1-2H3,(H,16,17)/t10-/m1/s1. The van der Waals surface area contributed by atoms with E-state index in [1.54, 1.807) is 11.3 Å². The Labute approximate surface area is 110 Å². The molecule has 3 N–H and O–H groups in total. The molecule has 0 saturated heterocycles. The number of nitrogens with one attached hydrogen (secondary N) is 1. The molecule has 0 aliphatic heterocycles. The Morgan fingerprint density at radius 1 is 1.56 bits per heavy atom. The number of nitrogens with two attached hydrogens (primary N) is 1. The monoisotopic (exact) mass is 263 g/mol. The van der Waals surface area contributed by atoms with E-state index in [-0.39, 0.29) is 5.91 Å². The van der Waals surface area contributed by atoms with Crippen molar-refractivity contribution >= 4 is 33.1 Å². The first-order valence-electron chi connectivity index (χ1n) is 6.03. The van der Waals surface area contributed by atoms with E-state index in [9.17, 15) is 4.79 Å². The zero-order valence-electron chi connectivity index (χ0n) is 10.6. The Morgan fingerprint density at radius 3 is 3.06 bits per heavy atom. The minimum atomic E-state index is -0.436. The fourth-order valence-corrected chi connectivity index (χ4v) is 2.66. The third kappa shape index (κ3) is 2.86. The normalized spacial score (nSPS) is 12.6. The molecule has 1 atom stereocenters. The lowest BCUT2D eigenvalue weighted by Gasteiger charge is -2.10. The molecule has 0 bridgehead atoms. The SMILES string of the molecule is CCC[C@@H](N)C(=O)Nc1ccc2nc(C)sc2c1. The second-order valence-corrected chi connectivity index (χ2v) is 5.53. The third-order valence-electron chi connectivity index (χ3n) is 2.70. The lowest BCUT2D eigenvalue weighted by Crippen LogP contribution is -2.35. The highest BCUT2D eigenvalue weighted by Crippen LogP contribution is 2.24. The first-order valence-corrected chi connectivity index (χ1v) is 6.85. The number of anilines is 1. The van der Waals surface area contributed by atoms with E-state index in [0.29, 0.717) is 6.42 Å². The third-order valence-corrected chi connectivity index (χ3v) is 3.63. The smallest absolute Gasteiger partial charge is 0.241 e. The fraction of sp³-hybridized carbons (Fsp3) is 0.385. The summed E-state index contributed by atoms with van der Waals surface area (Å²) in [4.78, 5) is 16.2. The molecule has 2 aromatic rings. The number of nitrogens with zero attached hydrogens (tertiary/aromatic N) is 1. The summed E-state index contributed by atoms with van der Waals surface area (Å²) >= 11 is 1.62. The van der Waals surface area contributed by atoms with E-state index < -0.39 is 6.04 Å². The number of hydrogen-bond donors (Lipinski definition) is 2. The number of hydrogen-bond acceptors (Lipinski definition) is 4. The first-order chi connectivity index (χ1) is 8.60. The molecule has 0 aliphatic carbocycles. The molecule has 5 heteroatoms. The summed E-state index contributed by atoms with van der Waals surface area (Å²) in [5.41, 5.74) is 7.52. The van der Waals surface area contributed by atoms with Gasteiger partial charge in [-0.15, -0.1) is 11.3 Å². The molecule has 96 valence electrons. The van der Waals surface area contributed by atoms with Gasteiger partial charge in [-0.2, -0.15) is 0 Å². The molecule has 0 fully saturated rings. The number of aryl methyl sites for hydroxylation is 1. The molecule has 1 aromatic carbocycles. The molecule has 0 spiro atoms. The maximum Gasteiger partial charge on any atom is 0.241 e. The van der Waals surface area contributed by atoms with Gasteiger partial charge in [-0.3, -0.25) is 4.79 Å². The highest BCUT2D eigenvalue weighted by molar-refractivity contribution is 7.18. The van der Waals surface area contributed by atoms with E-state index in [0.717, 1.165) is 27.3 Å². The summed E-state index contributed by atoms with van der Waals surface area (Å²) in [6, 6.07) is 5.28. The van der Waals surface area contributed by atoms with Gasteiger partial charge in [0.05, 0.1) is 21.3 Å². The van der Waals surface area contributed by atoms with Crippen molar-refractivity contribution in [1.29, 1.82) is 0 Å². The van der Waals surface area contributed by atoms with Crippen LogP contribution in [0.2, 0.25) is 0 Å². The van der Waals surface area contributed by atoms with Crippen molar-refractivity contribution < 1.29 is 4.79 Å². The fourth-order valence-electron chi connectivity index (χ4n) is 1.79. The topological polar surface area (TPSA) is 68.0 Å². The number of benzene rings is 1. The van der Waals surface area contributed by atoms with Crippen LogP contribution in [-0.4, -0.2) is 16.9 Å². The Kier molecular flexibility index (Phi) is 3.93. The predicted octanol–water partition coefficient (Wildman–Crippen LogP) is 2.67. The maximum absolute atomic E-state index is 11.8. The lowest BCUT2D eigenvalue weighted by molar-refractivity contribution is -0.117. The van der Waals surface area contributed by atoms with Crippen molar-refractivity contribution in [3.05, 3.63) is 23.2 Å². The van der Waals surface area contributed by atoms with Crippen LogP contribution in [0.1, 0.15) is 24.8 Å². The van der Waals surface area contributed by atoms with Crippen LogP contribution in [0.15, 0.2) is 18.2 Å². The minimum Gasteiger partial charge on any atom is -0.325 e. The first kappa shape index (κ1) is 13.0. The number of thiazole rings is 1. The van der Waals surface area contributed by atoms with Gasteiger partial charge in [-0.1, -0.05) is 13.3 Å². The molecule has 1 amide bonds. The second kappa shape index (κ2) is 5.46. The zero-order chi connectivity index (χ0) is 13.1. The molecule has 0 saturated carbocycles. The van der Waals surface area contributed by atoms with E-state index >= 15 is 0 Å². The number of aromatic nitrogens is 1. The number of fused-ring (bicyclic) bond motifs is 1. The van der Waals surface area contributed by atoms with Crippen LogP contribution in [0.25, 0.3) is 10.2 Å². The number of amides is 1. The number of carbonyl (C=O) groups excluding carboxylic acids is 1. The molecule has 0 radical (unpaired) electrons. The summed E-state index contributed by atoms with van der Waals surface area (Å²) in [7, 11) is 0. The van der Waals surface area contributed by atoms with Crippen molar-refractivity contribution in [3.63, 3.8) is 0 Å². The molecule has 0 unspecified atom stereocenters. The van der Waals surface area contributed by atoms with Crippen LogP contribution in [0.5, 0.6) is 0 Å². The number of carbonyl (C=O) groups is 1. The zero-order valence-corrected chi connectivity index (χ0v) is 11.4. The molecular weight excluding hydrogens is 246 g/mol. The van der Waals surface area contributed by atoms with Gasteiger partial charge in [-0.25, -0.2) is 4.98 Å². The largest absolute Gasteiger partial charge is 0.325 e. The van der Waals surface area contributed by atoms with Crippen LogP contribution in [0, 0.1) is 6.92 Å². The molecule has 18 heavy (non-hydrogen) atoms. The van der Waals surface area contributed by atoms with Crippen LogP contribution >= 0.6 is 11.3 Å². The Balaban J connectivity index is 2.14. The lowest BCUT2D eigenvalue weighted by atomic mass is 10.1. The van der Waals surface area contributed by atoms with Crippen molar-refractivity contribution in [3.8, 4) is 0 Å². The van der Waals surface area contributed by atoms with Gasteiger partial charge in [0.1, 0.15) is 0 Å². The Bertz CT molecular complexity index is 564. The molecule has 2 rings (SSSR count). The molecular formula is C13H17N3OS. The van der Waals surface area contributed by atoms with Gasteiger partial charge < -0.3 is 11.1 Å². The Morgan fingerprint density at radius 2 is 2.33 bits per heavy atom. The highest BCUT2D eigenvalue weighted by atomic mass is 32.1. The van der Waals surface area contributed by atoms with Gasteiger partial charge in [-0.05, 0) is 31.5 Å². The minimum absolute atomic E-state index is 0.127. The van der Waals surface area contributed by atoms with Gasteiger partial charge >= 0.3 is 0 Å². The summed E-state index contributed by atoms with van der Waals surface area (Å²) in [6.45, 7) is 3.99. The van der Waals surface area contributed by atoms with Gasteiger partial charge in [0.15, 0.2) is 0 Å². The summed E-state index contributed by atoms with van der Waals surface area (Å²) < 4.78 is 1.08. The van der Waals surface area contributed by atoms with E-state index in [4.69, 9.17) is 5.73 Å². The van der Waals surface area contributed by atoms with Crippen LogP contribution in [0.3, 0.4) is 0 Å².